The lowest BCUT2D eigenvalue weighted by Gasteiger charge is -2.09. The molecular weight excluding hydrogens is 252 g/mol. The highest BCUT2D eigenvalue weighted by Gasteiger charge is 2.06. The van der Waals surface area contributed by atoms with E-state index >= 15 is 0 Å². The fourth-order valence-electron chi connectivity index (χ4n) is 2.13. The van der Waals surface area contributed by atoms with Crippen LogP contribution in [0.15, 0.2) is 41.2 Å². The molecule has 20 heavy (non-hydrogen) atoms. The Morgan fingerprint density at radius 1 is 1.20 bits per heavy atom. The van der Waals surface area contributed by atoms with Crippen molar-refractivity contribution in [3.63, 3.8) is 0 Å². The van der Waals surface area contributed by atoms with Gasteiger partial charge in [-0.05, 0) is 18.2 Å². The van der Waals surface area contributed by atoms with E-state index in [0.29, 0.717) is 12.4 Å². The predicted octanol–water partition coefficient (Wildman–Crippen LogP) is 2.98. The van der Waals surface area contributed by atoms with Crippen molar-refractivity contribution in [2.24, 2.45) is 0 Å². The number of nitrogens with two attached hydrogens (primary N) is 1. The van der Waals surface area contributed by atoms with Gasteiger partial charge in [-0.3, -0.25) is 4.98 Å². The minimum atomic E-state index is 0.536. The summed E-state index contributed by atoms with van der Waals surface area (Å²) in [6.45, 7) is 2.57. The summed E-state index contributed by atoms with van der Waals surface area (Å²) < 4.78 is 5.58. The number of nitrogen functional groups attached to an aromatic ring is 1. The quantitative estimate of drug-likeness (QED) is 0.711. The third-order valence-corrected chi connectivity index (χ3v) is 3.23. The average molecular weight is 268 g/mol. The van der Waals surface area contributed by atoms with Crippen molar-refractivity contribution in [1.29, 1.82) is 0 Å². The summed E-state index contributed by atoms with van der Waals surface area (Å²) in [5, 5.41) is 5.30. The summed E-state index contributed by atoms with van der Waals surface area (Å²) in [5.74, 6) is 1.57. The average Bonchev–Trinajstić information content (AvgIpc) is 2.95. The van der Waals surface area contributed by atoms with Crippen LogP contribution < -0.4 is 11.1 Å². The van der Waals surface area contributed by atoms with E-state index in [1.165, 1.54) is 0 Å². The molecule has 3 rings (SSSR count). The SMILES string of the molecule is CCc1cnc(CNc2ccc(N)c3ccncc23)o1. The van der Waals surface area contributed by atoms with Crippen LogP contribution in [0.1, 0.15) is 18.6 Å². The van der Waals surface area contributed by atoms with Crippen molar-refractivity contribution in [2.45, 2.75) is 19.9 Å². The lowest BCUT2D eigenvalue weighted by atomic mass is 10.1. The molecule has 0 aliphatic rings. The Morgan fingerprint density at radius 3 is 2.90 bits per heavy atom. The standard InChI is InChI=1S/C15H16N4O/c1-2-10-7-19-15(20-10)9-18-14-4-3-13(16)11-5-6-17-8-12(11)14/h3-8,18H,2,9,16H2,1H3. The molecule has 3 N–H and O–H groups in total. The van der Waals surface area contributed by atoms with Gasteiger partial charge in [0.15, 0.2) is 0 Å². The fourth-order valence-corrected chi connectivity index (χ4v) is 2.13. The summed E-state index contributed by atoms with van der Waals surface area (Å²) in [6, 6.07) is 5.75. The molecule has 5 heteroatoms. The van der Waals surface area contributed by atoms with E-state index in [0.717, 1.165) is 34.3 Å². The van der Waals surface area contributed by atoms with E-state index < -0.39 is 0 Å². The zero-order valence-corrected chi connectivity index (χ0v) is 11.3. The van der Waals surface area contributed by atoms with Gasteiger partial charge in [0.05, 0.1) is 12.7 Å². The van der Waals surface area contributed by atoms with Crippen molar-refractivity contribution in [3.05, 3.63) is 48.4 Å². The van der Waals surface area contributed by atoms with Crippen molar-refractivity contribution >= 4 is 22.1 Å². The molecule has 2 heterocycles. The van der Waals surface area contributed by atoms with Gasteiger partial charge in [0, 0.05) is 41.0 Å². The van der Waals surface area contributed by atoms with Gasteiger partial charge in [0.1, 0.15) is 5.76 Å². The Balaban J connectivity index is 1.86. The molecule has 0 aliphatic heterocycles. The highest BCUT2D eigenvalue weighted by molar-refractivity contribution is 6.00. The van der Waals surface area contributed by atoms with Crippen LogP contribution in [0.2, 0.25) is 0 Å². The second-order valence-electron chi connectivity index (χ2n) is 4.55. The van der Waals surface area contributed by atoms with Gasteiger partial charge in [-0.15, -0.1) is 0 Å². The summed E-state index contributed by atoms with van der Waals surface area (Å²) >= 11 is 0. The van der Waals surface area contributed by atoms with Crippen LogP contribution in [-0.4, -0.2) is 9.97 Å². The Hall–Kier alpha value is -2.56. The summed E-state index contributed by atoms with van der Waals surface area (Å²) in [6.07, 6.45) is 6.16. The molecule has 0 saturated carbocycles. The van der Waals surface area contributed by atoms with Crippen molar-refractivity contribution in [3.8, 4) is 0 Å². The van der Waals surface area contributed by atoms with Gasteiger partial charge in [-0.1, -0.05) is 6.92 Å². The molecule has 0 fully saturated rings. The molecular formula is C15H16N4O. The Kier molecular flexibility index (Phi) is 3.25. The van der Waals surface area contributed by atoms with E-state index in [-0.39, 0.29) is 0 Å². The third kappa shape index (κ3) is 2.30. The van der Waals surface area contributed by atoms with Gasteiger partial charge in [-0.2, -0.15) is 0 Å². The minimum absolute atomic E-state index is 0.536. The first-order valence-corrected chi connectivity index (χ1v) is 6.57. The molecule has 1 aromatic carbocycles. The van der Waals surface area contributed by atoms with Crippen molar-refractivity contribution < 1.29 is 4.42 Å². The topological polar surface area (TPSA) is 77.0 Å². The number of benzene rings is 1. The molecule has 5 nitrogen and oxygen atoms in total. The molecule has 0 radical (unpaired) electrons. The maximum absolute atomic E-state index is 5.97. The van der Waals surface area contributed by atoms with Gasteiger partial charge >= 0.3 is 0 Å². The number of aromatic nitrogens is 2. The molecule has 102 valence electrons. The molecule has 3 aromatic rings. The predicted molar refractivity (Wildman–Crippen MR) is 79.4 cm³/mol. The lowest BCUT2D eigenvalue weighted by Crippen LogP contribution is -2.01. The van der Waals surface area contributed by atoms with Crippen molar-refractivity contribution in [2.75, 3.05) is 11.1 Å². The monoisotopic (exact) mass is 268 g/mol. The number of nitrogens with zero attached hydrogens (tertiary/aromatic N) is 2. The number of anilines is 2. The molecule has 0 amide bonds. The van der Waals surface area contributed by atoms with Gasteiger partial charge in [0.2, 0.25) is 5.89 Å². The van der Waals surface area contributed by atoms with E-state index in [9.17, 15) is 0 Å². The van der Waals surface area contributed by atoms with Crippen LogP contribution in [0.4, 0.5) is 11.4 Å². The number of rotatable bonds is 4. The zero-order chi connectivity index (χ0) is 13.9. The smallest absolute Gasteiger partial charge is 0.213 e. The minimum Gasteiger partial charge on any atom is -0.444 e. The first-order chi connectivity index (χ1) is 9.78. The number of nitrogens with one attached hydrogen (secondary N) is 1. The van der Waals surface area contributed by atoms with E-state index in [1.54, 1.807) is 18.6 Å². The van der Waals surface area contributed by atoms with E-state index in [1.807, 2.05) is 25.1 Å². The highest BCUT2D eigenvalue weighted by Crippen LogP contribution is 2.27. The van der Waals surface area contributed by atoms with Crippen LogP contribution in [-0.2, 0) is 13.0 Å². The number of hydrogen-bond acceptors (Lipinski definition) is 5. The largest absolute Gasteiger partial charge is 0.444 e. The fraction of sp³-hybridized carbons (Fsp3) is 0.200. The summed E-state index contributed by atoms with van der Waals surface area (Å²) in [4.78, 5) is 8.38. The molecule has 0 saturated heterocycles. The zero-order valence-electron chi connectivity index (χ0n) is 11.3. The second-order valence-corrected chi connectivity index (χ2v) is 4.55. The number of pyridine rings is 1. The van der Waals surface area contributed by atoms with Crippen LogP contribution >= 0.6 is 0 Å². The third-order valence-electron chi connectivity index (χ3n) is 3.23. The van der Waals surface area contributed by atoms with Crippen LogP contribution in [0.5, 0.6) is 0 Å². The van der Waals surface area contributed by atoms with Crippen LogP contribution in [0.3, 0.4) is 0 Å². The van der Waals surface area contributed by atoms with Gasteiger partial charge < -0.3 is 15.5 Å². The number of oxazole rings is 1. The molecule has 0 spiro atoms. The molecule has 0 bridgehead atoms. The second kappa shape index (κ2) is 5.21. The van der Waals surface area contributed by atoms with Crippen molar-refractivity contribution in [1.82, 2.24) is 9.97 Å². The lowest BCUT2D eigenvalue weighted by molar-refractivity contribution is 0.466. The van der Waals surface area contributed by atoms with E-state index in [2.05, 4.69) is 15.3 Å². The normalized spacial score (nSPS) is 10.8. The van der Waals surface area contributed by atoms with Gasteiger partial charge in [0.25, 0.3) is 0 Å². The van der Waals surface area contributed by atoms with Gasteiger partial charge in [-0.25, -0.2) is 4.98 Å². The first-order valence-electron chi connectivity index (χ1n) is 6.57. The molecule has 0 aliphatic carbocycles. The molecule has 0 unspecified atom stereocenters. The Bertz CT molecular complexity index is 736. The first kappa shape index (κ1) is 12.5. The Labute approximate surface area is 116 Å². The molecule has 0 atom stereocenters. The maximum Gasteiger partial charge on any atom is 0.213 e. The number of aryl methyl sites for hydroxylation is 1. The number of hydrogen-bond donors (Lipinski definition) is 2. The number of fused-ring (bicyclic) bond motifs is 1. The van der Waals surface area contributed by atoms with Crippen LogP contribution in [0, 0.1) is 0 Å². The summed E-state index contributed by atoms with van der Waals surface area (Å²) in [7, 11) is 0. The maximum atomic E-state index is 5.97. The van der Waals surface area contributed by atoms with Crippen LogP contribution in [0.25, 0.3) is 10.8 Å². The summed E-state index contributed by atoms with van der Waals surface area (Å²) in [5.41, 5.74) is 7.69. The highest BCUT2D eigenvalue weighted by atomic mass is 16.4. The van der Waals surface area contributed by atoms with E-state index in [4.69, 9.17) is 10.2 Å². The molecule has 2 aromatic heterocycles. The Morgan fingerprint density at radius 2 is 2.10 bits per heavy atom.